The third kappa shape index (κ3) is 2.41. The van der Waals surface area contributed by atoms with Crippen molar-refractivity contribution in [2.24, 2.45) is 0 Å². The number of hydrogen-bond donors (Lipinski definition) is 0. The van der Waals surface area contributed by atoms with Gasteiger partial charge in [0.25, 0.3) is 0 Å². The van der Waals surface area contributed by atoms with Crippen LogP contribution < -0.4 is 0 Å². The molecular formula is C7H6OS5. The summed E-state index contributed by atoms with van der Waals surface area (Å²) in [6, 6.07) is 6.07. The summed E-state index contributed by atoms with van der Waals surface area (Å²) in [4.78, 5) is 2.10. The maximum atomic E-state index is 11.6. The first kappa shape index (κ1) is 10.3. The molecule has 1 atom stereocenters. The summed E-state index contributed by atoms with van der Waals surface area (Å²) in [5.74, 6) is 0. The van der Waals surface area contributed by atoms with Crippen LogP contribution in [0.15, 0.2) is 28.0 Å². The zero-order valence-electron chi connectivity index (χ0n) is 6.68. The summed E-state index contributed by atoms with van der Waals surface area (Å²) < 4.78 is 11.6. The fourth-order valence-electron chi connectivity index (χ4n) is 0.942. The van der Waals surface area contributed by atoms with Gasteiger partial charge in [0.15, 0.2) is 0 Å². The summed E-state index contributed by atoms with van der Waals surface area (Å²) in [5, 5.41) is 0. The number of rotatable bonds is 0. The van der Waals surface area contributed by atoms with Gasteiger partial charge < -0.3 is 0 Å². The van der Waals surface area contributed by atoms with Crippen LogP contribution in [0.4, 0.5) is 0 Å². The molecule has 0 radical (unpaired) electrons. The Hall–Kier alpha value is 0.770. The summed E-state index contributed by atoms with van der Waals surface area (Å²) in [5.41, 5.74) is 1.22. The van der Waals surface area contributed by atoms with Gasteiger partial charge in [0.05, 0.1) is 4.90 Å². The van der Waals surface area contributed by atoms with Gasteiger partial charge in [0.2, 0.25) is 0 Å². The van der Waals surface area contributed by atoms with E-state index in [-0.39, 0.29) is 0 Å². The molecule has 1 aromatic rings. The first-order chi connectivity index (χ1) is 6.27. The maximum Gasteiger partial charge on any atom is 0.125 e. The standard InChI is InChI=1S/C7H6OS5/c1-5-2-3-7-6(4-5)9-10-11-12-13(7)8/h2-4H,1H3. The van der Waals surface area contributed by atoms with Gasteiger partial charge in [-0.25, -0.2) is 4.21 Å². The van der Waals surface area contributed by atoms with Crippen molar-refractivity contribution in [3.8, 4) is 0 Å². The molecule has 0 aliphatic carbocycles. The number of hydrogen-bond acceptors (Lipinski definition) is 5. The van der Waals surface area contributed by atoms with E-state index in [0.29, 0.717) is 0 Å². The first-order valence-electron chi connectivity index (χ1n) is 3.48. The second kappa shape index (κ2) is 4.53. The fraction of sp³-hybridized carbons (Fsp3) is 0.143. The molecular weight excluding hydrogens is 260 g/mol. The van der Waals surface area contributed by atoms with Crippen LogP contribution in [-0.4, -0.2) is 4.21 Å². The fourth-order valence-corrected chi connectivity index (χ4v) is 11.0. The van der Waals surface area contributed by atoms with E-state index in [0.717, 1.165) is 9.79 Å². The van der Waals surface area contributed by atoms with E-state index in [1.807, 2.05) is 12.1 Å². The molecule has 0 spiro atoms. The number of fused-ring (bicyclic) bond motifs is 1. The lowest BCUT2D eigenvalue weighted by atomic mass is 10.2. The molecule has 0 aromatic heterocycles. The summed E-state index contributed by atoms with van der Waals surface area (Å²) in [6.07, 6.45) is 0. The minimum atomic E-state index is -0.903. The first-order valence-corrected chi connectivity index (χ1v) is 9.96. The molecule has 6 heteroatoms. The van der Waals surface area contributed by atoms with Crippen LogP contribution in [0, 0.1) is 6.92 Å². The summed E-state index contributed by atoms with van der Waals surface area (Å²) in [6.45, 7) is 2.06. The number of aryl methyl sites for hydroxylation is 1. The normalized spacial score (nSPS) is 22.1. The van der Waals surface area contributed by atoms with Gasteiger partial charge in [0, 0.05) is 24.5 Å². The minimum Gasteiger partial charge on any atom is -0.242 e. The van der Waals surface area contributed by atoms with Crippen LogP contribution in [0.25, 0.3) is 0 Å². The molecule has 2 rings (SSSR count). The second-order valence-corrected chi connectivity index (χ2v) is 10.7. The number of benzene rings is 1. The molecule has 0 saturated heterocycles. The molecule has 1 unspecified atom stereocenters. The highest BCUT2D eigenvalue weighted by molar-refractivity contribution is 9.34. The Labute approximate surface area is 94.3 Å². The molecule has 0 amide bonds. The van der Waals surface area contributed by atoms with Crippen LogP contribution in [0.5, 0.6) is 0 Å². The van der Waals surface area contributed by atoms with Gasteiger partial charge in [-0.05, 0) is 45.2 Å². The Morgan fingerprint density at radius 3 is 3.00 bits per heavy atom. The largest absolute Gasteiger partial charge is 0.242 e. The smallest absolute Gasteiger partial charge is 0.125 e. The average molecular weight is 266 g/mol. The molecule has 0 bridgehead atoms. The van der Waals surface area contributed by atoms with E-state index < -0.39 is 9.83 Å². The van der Waals surface area contributed by atoms with Crippen molar-refractivity contribution in [3.63, 3.8) is 0 Å². The predicted molar refractivity (Wildman–Crippen MR) is 66.2 cm³/mol. The highest BCUT2D eigenvalue weighted by Crippen LogP contribution is 2.54. The lowest BCUT2D eigenvalue weighted by Gasteiger charge is -2.02. The van der Waals surface area contributed by atoms with E-state index in [1.54, 1.807) is 30.4 Å². The van der Waals surface area contributed by atoms with Crippen molar-refractivity contribution < 1.29 is 4.21 Å². The molecule has 0 saturated carbocycles. The van der Waals surface area contributed by atoms with Crippen LogP contribution in [0.3, 0.4) is 0 Å². The van der Waals surface area contributed by atoms with Crippen LogP contribution in [-0.2, 0) is 9.83 Å². The lowest BCUT2D eigenvalue weighted by Crippen LogP contribution is -1.86. The van der Waals surface area contributed by atoms with Crippen LogP contribution in [0.1, 0.15) is 5.56 Å². The zero-order chi connectivity index (χ0) is 9.26. The third-order valence-electron chi connectivity index (χ3n) is 1.52. The minimum absolute atomic E-state index is 0.903. The zero-order valence-corrected chi connectivity index (χ0v) is 10.8. The van der Waals surface area contributed by atoms with E-state index in [9.17, 15) is 4.21 Å². The van der Waals surface area contributed by atoms with Gasteiger partial charge in [0.1, 0.15) is 9.83 Å². The van der Waals surface area contributed by atoms with Gasteiger partial charge in [-0.3, -0.25) is 0 Å². The molecule has 1 nitrogen and oxygen atoms in total. The average Bonchev–Trinajstić information content (AvgIpc) is 2.28. The quantitative estimate of drug-likeness (QED) is 0.656. The van der Waals surface area contributed by atoms with Crippen molar-refractivity contribution in [1.82, 2.24) is 0 Å². The summed E-state index contributed by atoms with van der Waals surface area (Å²) in [7, 11) is 5.47. The molecule has 1 aliphatic heterocycles. The Morgan fingerprint density at radius 1 is 1.31 bits per heavy atom. The van der Waals surface area contributed by atoms with Crippen molar-refractivity contribution in [2.75, 3.05) is 0 Å². The highest BCUT2D eigenvalue weighted by atomic mass is 33.8. The topological polar surface area (TPSA) is 17.1 Å². The van der Waals surface area contributed by atoms with Gasteiger partial charge in [-0.1, -0.05) is 6.07 Å². The van der Waals surface area contributed by atoms with Gasteiger partial charge in [-0.15, -0.1) is 0 Å². The Kier molecular flexibility index (Phi) is 3.58. The lowest BCUT2D eigenvalue weighted by molar-refractivity contribution is 0.690. The van der Waals surface area contributed by atoms with Crippen LogP contribution >= 0.6 is 40.3 Å². The van der Waals surface area contributed by atoms with Gasteiger partial charge in [-0.2, -0.15) is 0 Å². The van der Waals surface area contributed by atoms with Crippen molar-refractivity contribution >= 4 is 50.1 Å². The molecule has 1 heterocycles. The van der Waals surface area contributed by atoms with Crippen molar-refractivity contribution in [3.05, 3.63) is 23.8 Å². The third-order valence-corrected chi connectivity index (χ3v) is 10.9. The maximum absolute atomic E-state index is 11.6. The molecule has 70 valence electrons. The molecule has 1 aromatic carbocycles. The van der Waals surface area contributed by atoms with E-state index >= 15 is 0 Å². The predicted octanol–water partition coefficient (Wildman–Crippen LogP) is 4.07. The van der Waals surface area contributed by atoms with Gasteiger partial charge >= 0.3 is 0 Å². The van der Waals surface area contributed by atoms with Crippen molar-refractivity contribution in [1.29, 1.82) is 0 Å². The second-order valence-electron chi connectivity index (χ2n) is 2.47. The monoisotopic (exact) mass is 266 g/mol. The molecule has 0 fully saturated rings. The molecule has 13 heavy (non-hydrogen) atoms. The van der Waals surface area contributed by atoms with Crippen molar-refractivity contribution in [2.45, 2.75) is 16.7 Å². The van der Waals surface area contributed by atoms with E-state index in [1.165, 1.54) is 15.4 Å². The molecule has 1 aliphatic rings. The van der Waals surface area contributed by atoms with Crippen LogP contribution in [0.2, 0.25) is 0 Å². The van der Waals surface area contributed by atoms with E-state index in [4.69, 9.17) is 0 Å². The Morgan fingerprint density at radius 2 is 2.15 bits per heavy atom. The Bertz CT molecular complexity index is 351. The highest BCUT2D eigenvalue weighted by Gasteiger charge is 2.16. The summed E-state index contributed by atoms with van der Waals surface area (Å²) >= 11 is 0. The van der Waals surface area contributed by atoms with E-state index in [2.05, 4.69) is 13.0 Å². The Balaban J connectivity index is 2.48. The molecule has 0 N–H and O–H groups in total. The SMILES string of the molecule is Cc1ccc2c(c1)SSSSS2=O.